The van der Waals surface area contributed by atoms with Crippen LogP contribution in [-0.2, 0) is 0 Å². The molecule has 0 fully saturated rings. The van der Waals surface area contributed by atoms with Gasteiger partial charge in [0, 0.05) is 6.54 Å². The molecule has 0 aliphatic carbocycles. The van der Waals surface area contributed by atoms with E-state index in [1.807, 2.05) is 0 Å². The van der Waals surface area contributed by atoms with Crippen molar-refractivity contribution in [2.24, 2.45) is 0 Å². The lowest BCUT2D eigenvalue weighted by atomic mass is 9.95. The molecule has 0 heterocycles. The first kappa shape index (κ1) is 16.7. The van der Waals surface area contributed by atoms with Gasteiger partial charge in [0.2, 0.25) is 0 Å². The molecule has 3 heteroatoms. The Balaban J connectivity index is 2.69. The Labute approximate surface area is 128 Å². The Kier molecular flexibility index (Phi) is 7.31. The van der Waals surface area contributed by atoms with Crippen LogP contribution in [0.2, 0.25) is 0 Å². The molecule has 1 rings (SSSR count). The lowest BCUT2D eigenvalue weighted by Crippen LogP contribution is -2.37. The number of nitrogens with one attached hydrogen (secondary N) is 2. The van der Waals surface area contributed by atoms with E-state index in [4.69, 9.17) is 12.2 Å². The van der Waals surface area contributed by atoms with Gasteiger partial charge in [-0.25, -0.2) is 0 Å². The van der Waals surface area contributed by atoms with E-state index < -0.39 is 0 Å². The summed E-state index contributed by atoms with van der Waals surface area (Å²) in [5, 5.41) is 7.14. The van der Waals surface area contributed by atoms with Crippen LogP contribution in [-0.4, -0.2) is 11.7 Å². The molecule has 2 N–H and O–H groups in total. The van der Waals surface area contributed by atoms with Crippen LogP contribution in [0.5, 0.6) is 0 Å². The maximum atomic E-state index is 5.28. The fourth-order valence-electron chi connectivity index (χ4n) is 2.09. The van der Waals surface area contributed by atoms with Crippen LogP contribution >= 0.6 is 12.2 Å². The average Bonchev–Trinajstić information content (AvgIpc) is 2.50. The van der Waals surface area contributed by atoms with Crippen molar-refractivity contribution in [2.75, 3.05) is 6.54 Å². The predicted molar refractivity (Wildman–Crippen MR) is 92.1 cm³/mol. The number of benzene rings is 1. The summed E-state index contributed by atoms with van der Waals surface area (Å²) in [6.45, 7) is 11.0. The van der Waals surface area contributed by atoms with E-state index in [0.29, 0.717) is 17.6 Å². The van der Waals surface area contributed by atoms with Crippen molar-refractivity contribution in [1.29, 1.82) is 0 Å². The summed E-state index contributed by atoms with van der Waals surface area (Å²) in [5.74, 6) is 0.618. The van der Waals surface area contributed by atoms with Crippen LogP contribution in [0.1, 0.15) is 56.7 Å². The van der Waals surface area contributed by atoms with Crippen molar-refractivity contribution >= 4 is 17.3 Å². The SMILES string of the molecule is C=CCNC(=S)NC(CC)c1ccc(C(C)CC)cc1. The van der Waals surface area contributed by atoms with Crippen molar-refractivity contribution in [2.45, 2.75) is 45.6 Å². The van der Waals surface area contributed by atoms with Gasteiger partial charge in [0.25, 0.3) is 0 Å². The molecule has 0 bridgehead atoms. The summed E-state index contributed by atoms with van der Waals surface area (Å²) < 4.78 is 0. The summed E-state index contributed by atoms with van der Waals surface area (Å²) >= 11 is 5.28. The fourth-order valence-corrected chi connectivity index (χ4v) is 2.31. The second-order valence-corrected chi connectivity index (χ2v) is 5.49. The Morgan fingerprint density at radius 3 is 2.30 bits per heavy atom. The zero-order chi connectivity index (χ0) is 15.0. The summed E-state index contributed by atoms with van der Waals surface area (Å²) in [7, 11) is 0. The largest absolute Gasteiger partial charge is 0.359 e. The highest BCUT2D eigenvalue weighted by atomic mass is 32.1. The highest BCUT2D eigenvalue weighted by Gasteiger charge is 2.11. The molecule has 1 aromatic carbocycles. The zero-order valence-electron chi connectivity index (χ0n) is 12.8. The van der Waals surface area contributed by atoms with Crippen molar-refractivity contribution in [1.82, 2.24) is 10.6 Å². The number of thiocarbonyl (C=S) groups is 1. The summed E-state index contributed by atoms with van der Waals surface area (Å²) in [6, 6.07) is 9.13. The minimum atomic E-state index is 0.255. The van der Waals surface area contributed by atoms with Gasteiger partial charge in [-0.05, 0) is 42.1 Å². The zero-order valence-corrected chi connectivity index (χ0v) is 13.6. The van der Waals surface area contributed by atoms with Gasteiger partial charge >= 0.3 is 0 Å². The lowest BCUT2D eigenvalue weighted by molar-refractivity contribution is 0.618. The van der Waals surface area contributed by atoms with Gasteiger partial charge in [-0.3, -0.25) is 0 Å². The van der Waals surface area contributed by atoms with E-state index >= 15 is 0 Å². The molecule has 0 aliphatic heterocycles. The van der Waals surface area contributed by atoms with Crippen LogP contribution < -0.4 is 10.6 Å². The molecule has 0 amide bonds. The molecule has 1 aromatic rings. The first-order valence-corrected chi connectivity index (χ1v) is 7.78. The minimum absolute atomic E-state index is 0.255. The maximum absolute atomic E-state index is 5.28. The molecule has 110 valence electrons. The van der Waals surface area contributed by atoms with Crippen LogP contribution in [0.25, 0.3) is 0 Å². The third kappa shape index (κ3) is 4.97. The first-order chi connectivity index (χ1) is 9.62. The Hall–Kier alpha value is -1.35. The molecule has 0 radical (unpaired) electrons. The summed E-state index contributed by atoms with van der Waals surface area (Å²) in [6.07, 6.45) is 3.97. The Morgan fingerprint density at radius 2 is 1.80 bits per heavy atom. The van der Waals surface area contributed by atoms with Crippen molar-refractivity contribution in [3.63, 3.8) is 0 Å². The first-order valence-electron chi connectivity index (χ1n) is 7.37. The maximum Gasteiger partial charge on any atom is 0.167 e. The predicted octanol–water partition coefficient (Wildman–Crippen LogP) is 4.30. The van der Waals surface area contributed by atoms with Gasteiger partial charge in [0.15, 0.2) is 5.11 Å². The van der Waals surface area contributed by atoms with Crippen LogP contribution in [0.4, 0.5) is 0 Å². The van der Waals surface area contributed by atoms with Crippen LogP contribution in [0.15, 0.2) is 36.9 Å². The van der Waals surface area contributed by atoms with E-state index in [9.17, 15) is 0 Å². The second kappa shape index (κ2) is 8.75. The van der Waals surface area contributed by atoms with Crippen molar-refractivity contribution in [3.8, 4) is 0 Å². The molecule has 0 saturated carbocycles. The Morgan fingerprint density at radius 1 is 1.20 bits per heavy atom. The molecule has 2 atom stereocenters. The third-order valence-corrected chi connectivity index (χ3v) is 3.90. The minimum Gasteiger partial charge on any atom is -0.359 e. The van der Waals surface area contributed by atoms with Crippen molar-refractivity contribution < 1.29 is 0 Å². The van der Waals surface area contributed by atoms with E-state index in [0.717, 1.165) is 6.42 Å². The van der Waals surface area contributed by atoms with E-state index in [1.165, 1.54) is 17.5 Å². The molecular weight excluding hydrogens is 264 g/mol. The van der Waals surface area contributed by atoms with Gasteiger partial charge in [-0.1, -0.05) is 51.1 Å². The van der Waals surface area contributed by atoms with Gasteiger partial charge in [-0.15, -0.1) is 6.58 Å². The number of hydrogen-bond acceptors (Lipinski definition) is 1. The summed E-state index contributed by atoms with van der Waals surface area (Å²) in [4.78, 5) is 0. The van der Waals surface area contributed by atoms with Gasteiger partial charge < -0.3 is 10.6 Å². The lowest BCUT2D eigenvalue weighted by Gasteiger charge is -2.20. The highest BCUT2D eigenvalue weighted by molar-refractivity contribution is 7.80. The quantitative estimate of drug-likeness (QED) is 0.578. The average molecular weight is 290 g/mol. The molecule has 0 spiro atoms. The smallest absolute Gasteiger partial charge is 0.167 e. The molecule has 0 aliphatic rings. The van der Waals surface area contributed by atoms with Crippen molar-refractivity contribution in [3.05, 3.63) is 48.0 Å². The topological polar surface area (TPSA) is 24.1 Å². The highest BCUT2D eigenvalue weighted by Crippen LogP contribution is 2.22. The van der Waals surface area contributed by atoms with E-state index in [2.05, 4.69) is 62.2 Å². The molecule has 0 aromatic heterocycles. The molecule has 20 heavy (non-hydrogen) atoms. The molecule has 2 nitrogen and oxygen atoms in total. The standard InChI is InChI=1S/C17H26N2S/c1-5-12-18-17(20)19-16(7-3)15-10-8-14(9-11-15)13(4)6-2/h5,8-11,13,16H,1,6-7,12H2,2-4H3,(H2,18,19,20). The summed E-state index contributed by atoms with van der Waals surface area (Å²) in [5.41, 5.74) is 2.68. The van der Waals surface area contributed by atoms with Crippen LogP contribution in [0.3, 0.4) is 0 Å². The molecular formula is C17H26N2S. The third-order valence-electron chi connectivity index (χ3n) is 3.64. The van der Waals surface area contributed by atoms with Gasteiger partial charge in [0.05, 0.1) is 6.04 Å². The van der Waals surface area contributed by atoms with Gasteiger partial charge in [0.1, 0.15) is 0 Å². The normalized spacial score (nSPS) is 13.3. The molecule has 2 unspecified atom stereocenters. The molecule has 0 saturated heterocycles. The monoisotopic (exact) mass is 290 g/mol. The van der Waals surface area contributed by atoms with Gasteiger partial charge in [-0.2, -0.15) is 0 Å². The van der Waals surface area contributed by atoms with E-state index in [-0.39, 0.29) is 6.04 Å². The number of hydrogen-bond donors (Lipinski definition) is 2. The second-order valence-electron chi connectivity index (χ2n) is 5.08. The Bertz CT molecular complexity index is 425. The van der Waals surface area contributed by atoms with Crippen LogP contribution in [0, 0.1) is 0 Å². The number of rotatable bonds is 7. The van der Waals surface area contributed by atoms with E-state index in [1.54, 1.807) is 6.08 Å². The fraction of sp³-hybridized carbons (Fsp3) is 0.471.